The summed E-state index contributed by atoms with van der Waals surface area (Å²) in [5, 5.41) is 0. The van der Waals surface area contributed by atoms with Gasteiger partial charge in [0.05, 0.1) is 16.5 Å². The summed E-state index contributed by atoms with van der Waals surface area (Å²) in [6, 6.07) is 3.42. The predicted octanol–water partition coefficient (Wildman–Crippen LogP) is 1.71. The molecular formula is C16H21N3O3S2. The minimum absolute atomic E-state index is 0.380. The fourth-order valence-corrected chi connectivity index (χ4v) is 5.39. The number of rotatable bonds is 2. The summed E-state index contributed by atoms with van der Waals surface area (Å²) in [5.74, 6) is -0.380. The van der Waals surface area contributed by atoms with Crippen LogP contribution < -0.4 is 4.80 Å². The van der Waals surface area contributed by atoms with Crippen LogP contribution in [0.3, 0.4) is 0 Å². The van der Waals surface area contributed by atoms with Gasteiger partial charge in [-0.1, -0.05) is 17.4 Å². The SMILES string of the molecule is Cc1ccc2sc(=NC(=O)C3CCCN3S(C)(=O)=O)n(C)c2c1C. The second kappa shape index (κ2) is 6.09. The van der Waals surface area contributed by atoms with Gasteiger partial charge in [0.2, 0.25) is 10.0 Å². The van der Waals surface area contributed by atoms with E-state index in [1.165, 1.54) is 26.8 Å². The standard InChI is InChI=1S/C16H21N3O3S2/c1-10-7-8-13-14(11(10)2)18(3)16(23-13)17-15(20)12-6-5-9-19(12)24(4,21)22/h7-8,12H,5-6,9H2,1-4H3. The van der Waals surface area contributed by atoms with E-state index >= 15 is 0 Å². The minimum atomic E-state index is -3.39. The van der Waals surface area contributed by atoms with Gasteiger partial charge in [-0.2, -0.15) is 9.30 Å². The van der Waals surface area contributed by atoms with Crippen LogP contribution in [0.2, 0.25) is 0 Å². The topological polar surface area (TPSA) is 71.7 Å². The molecule has 1 aromatic heterocycles. The van der Waals surface area contributed by atoms with Crippen LogP contribution in [0, 0.1) is 13.8 Å². The number of thiazole rings is 1. The lowest BCUT2D eigenvalue weighted by atomic mass is 10.1. The van der Waals surface area contributed by atoms with Crippen molar-refractivity contribution in [2.45, 2.75) is 32.7 Å². The maximum atomic E-state index is 12.6. The Morgan fingerprint density at radius 3 is 2.71 bits per heavy atom. The monoisotopic (exact) mass is 367 g/mol. The number of benzene rings is 1. The lowest BCUT2D eigenvalue weighted by Gasteiger charge is -2.18. The molecule has 1 aliphatic rings. The number of sulfonamides is 1. The van der Waals surface area contributed by atoms with Crippen molar-refractivity contribution < 1.29 is 13.2 Å². The van der Waals surface area contributed by atoms with Crippen molar-refractivity contribution in [3.63, 3.8) is 0 Å². The first-order valence-electron chi connectivity index (χ1n) is 7.81. The second-order valence-electron chi connectivity index (χ2n) is 6.28. The van der Waals surface area contributed by atoms with E-state index in [4.69, 9.17) is 0 Å². The molecule has 1 aromatic carbocycles. The predicted molar refractivity (Wildman–Crippen MR) is 95.4 cm³/mol. The number of carbonyl (C=O) groups excluding carboxylic acids is 1. The molecule has 1 amide bonds. The van der Waals surface area contributed by atoms with Crippen LogP contribution in [-0.2, 0) is 21.9 Å². The highest BCUT2D eigenvalue weighted by molar-refractivity contribution is 7.88. The number of carbonyl (C=O) groups is 1. The lowest BCUT2D eigenvalue weighted by Crippen LogP contribution is -2.39. The van der Waals surface area contributed by atoms with Crippen LogP contribution in [0.5, 0.6) is 0 Å². The molecule has 2 heterocycles. The van der Waals surface area contributed by atoms with Crippen molar-refractivity contribution in [3.05, 3.63) is 28.1 Å². The van der Waals surface area contributed by atoms with Crippen LogP contribution in [0.15, 0.2) is 17.1 Å². The van der Waals surface area contributed by atoms with E-state index in [1.54, 1.807) is 0 Å². The maximum absolute atomic E-state index is 12.6. The van der Waals surface area contributed by atoms with Gasteiger partial charge in [-0.05, 0) is 43.9 Å². The van der Waals surface area contributed by atoms with Gasteiger partial charge in [0, 0.05) is 13.6 Å². The summed E-state index contributed by atoms with van der Waals surface area (Å²) in [7, 11) is -1.50. The van der Waals surface area contributed by atoms with Crippen LogP contribution >= 0.6 is 11.3 Å². The Hall–Kier alpha value is -1.51. The number of aryl methyl sites for hydroxylation is 3. The molecule has 3 rings (SSSR count). The van der Waals surface area contributed by atoms with E-state index in [-0.39, 0.29) is 5.91 Å². The smallest absolute Gasteiger partial charge is 0.266 e. The lowest BCUT2D eigenvalue weighted by molar-refractivity contribution is -0.121. The van der Waals surface area contributed by atoms with Gasteiger partial charge in [0.15, 0.2) is 4.80 Å². The van der Waals surface area contributed by atoms with Gasteiger partial charge in [-0.25, -0.2) is 8.42 Å². The molecule has 0 aliphatic carbocycles. The number of aromatic nitrogens is 1. The minimum Gasteiger partial charge on any atom is -0.319 e. The largest absolute Gasteiger partial charge is 0.319 e. The Morgan fingerprint density at radius 2 is 2.04 bits per heavy atom. The molecule has 2 aromatic rings. The van der Waals surface area contributed by atoms with E-state index in [0.717, 1.165) is 16.5 Å². The van der Waals surface area contributed by atoms with Gasteiger partial charge in [-0.3, -0.25) is 4.79 Å². The molecule has 1 saturated heterocycles. The molecule has 8 heteroatoms. The summed E-state index contributed by atoms with van der Waals surface area (Å²) in [6.07, 6.45) is 2.36. The molecule has 1 aliphatic heterocycles. The third-order valence-electron chi connectivity index (χ3n) is 4.61. The van der Waals surface area contributed by atoms with Crippen LogP contribution in [-0.4, -0.2) is 42.0 Å². The van der Waals surface area contributed by atoms with Crippen molar-refractivity contribution in [1.29, 1.82) is 0 Å². The van der Waals surface area contributed by atoms with Crippen LogP contribution in [0.25, 0.3) is 10.2 Å². The van der Waals surface area contributed by atoms with Crippen molar-refractivity contribution >= 4 is 37.5 Å². The Morgan fingerprint density at radius 1 is 1.33 bits per heavy atom. The Kier molecular flexibility index (Phi) is 4.39. The molecule has 1 fully saturated rings. The van der Waals surface area contributed by atoms with Crippen molar-refractivity contribution in [3.8, 4) is 0 Å². The normalized spacial score (nSPS) is 20.2. The highest BCUT2D eigenvalue weighted by Crippen LogP contribution is 2.24. The highest BCUT2D eigenvalue weighted by Gasteiger charge is 2.36. The molecule has 0 spiro atoms. The fourth-order valence-electron chi connectivity index (χ4n) is 3.19. The molecule has 0 radical (unpaired) electrons. The molecule has 0 bridgehead atoms. The van der Waals surface area contributed by atoms with Crippen LogP contribution in [0.1, 0.15) is 24.0 Å². The van der Waals surface area contributed by atoms with Crippen molar-refractivity contribution in [1.82, 2.24) is 8.87 Å². The van der Waals surface area contributed by atoms with Crippen molar-refractivity contribution in [2.24, 2.45) is 12.0 Å². The molecule has 1 unspecified atom stereocenters. The second-order valence-corrected chi connectivity index (χ2v) is 9.22. The Bertz CT molecular complexity index is 986. The quantitative estimate of drug-likeness (QED) is 0.811. The molecule has 6 nitrogen and oxygen atoms in total. The molecule has 1 atom stereocenters. The maximum Gasteiger partial charge on any atom is 0.266 e. The van der Waals surface area contributed by atoms with Gasteiger partial charge in [0.25, 0.3) is 5.91 Å². The van der Waals surface area contributed by atoms with Crippen molar-refractivity contribution in [2.75, 3.05) is 12.8 Å². The third-order valence-corrected chi connectivity index (χ3v) is 7.00. The van der Waals surface area contributed by atoms with E-state index < -0.39 is 16.1 Å². The zero-order valence-corrected chi connectivity index (χ0v) is 15.9. The first kappa shape index (κ1) is 17.3. The van der Waals surface area contributed by atoms with Gasteiger partial charge in [0.1, 0.15) is 6.04 Å². The molecule has 0 N–H and O–H groups in total. The number of hydrogen-bond acceptors (Lipinski definition) is 4. The first-order chi connectivity index (χ1) is 11.2. The average Bonchev–Trinajstić information content (AvgIpc) is 3.09. The average molecular weight is 367 g/mol. The zero-order chi connectivity index (χ0) is 17.6. The van der Waals surface area contributed by atoms with Gasteiger partial charge in [-0.15, -0.1) is 0 Å². The number of hydrogen-bond donors (Lipinski definition) is 0. The summed E-state index contributed by atoms with van der Waals surface area (Å²) in [5.41, 5.74) is 3.42. The first-order valence-corrected chi connectivity index (χ1v) is 10.5. The van der Waals surface area contributed by atoms with Gasteiger partial charge >= 0.3 is 0 Å². The van der Waals surface area contributed by atoms with E-state index in [2.05, 4.69) is 24.9 Å². The number of fused-ring (bicyclic) bond motifs is 1. The molecule has 0 saturated carbocycles. The number of nitrogens with zero attached hydrogens (tertiary/aromatic N) is 3. The Labute approximate surface area is 145 Å². The summed E-state index contributed by atoms with van der Waals surface area (Å²) in [4.78, 5) is 17.4. The molecular weight excluding hydrogens is 346 g/mol. The number of amides is 1. The molecule has 130 valence electrons. The van der Waals surface area contributed by atoms with Gasteiger partial charge < -0.3 is 4.57 Å². The van der Waals surface area contributed by atoms with Crippen LogP contribution in [0.4, 0.5) is 0 Å². The third kappa shape index (κ3) is 2.94. The van der Waals surface area contributed by atoms with E-state index in [0.29, 0.717) is 24.2 Å². The molecule has 24 heavy (non-hydrogen) atoms. The summed E-state index contributed by atoms with van der Waals surface area (Å²) >= 11 is 1.45. The summed E-state index contributed by atoms with van der Waals surface area (Å²) in [6.45, 7) is 4.50. The van der Waals surface area contributed by atoms with E-state index in [9.17, 15) is 13.2 Å². The Balaban J connectivity index is 2.06. The summed E-state index contributed by atoms with van der Waals surface area (Å²) < 4.78 is 27.9. The fraction of sp³-hybridized carbons (Fsp3) is 0.500. The zero-order valence-electron chi connectivity index (χ0n) is 14.2. The van der Waals surface area contributed by atoms with E-state index in [1.807, 2.05) is 17.7 Å². The highest BCUT2D eigenvalue weighted by atomic mass is 32.2.